The summed E-state index contributed by atoms with van der Waals surface area (Å²) in [5, 5.41) is 7.50. The lowest BCUT2D eigenvalue weighted by atomic mass is 10.1. The molecule has 12 heteroatoms. The number of guanidine groups is 1. The third-order valence-electron chi connectivity index (χ3n) is 5.10. The van der Waals surface area contributed by atoms with Gasteiger partial charge >= 0.3 is 15.5 Å². The number of aromatic nitrogens is 1. The summed E-state index contributed by atoms with van der Waals surface area (Å²) in [5.74, 6) is 0.578. The van der Waals surface area contributed by atoms with Gasteiger partial charge < -0.3 is 15.6 Å². The van der Waals surface area contributed by atoms with Crippen molar-refractivity contribution in [2.24, 2.45) is 4.99 Å². The third kappa shape index (κ3) is 6.25. The molecule has 0 amide bonds. The number of para-hydroxylation sites is 1. The van der Waals surface area contributed by atoms with E-state index in [-0.39, 0.29) is 55.9 Å². The number of fused-ring (bicyclic) bond motifs is 1. The molecule has 0 radical (unpaired) electrons. The van der Waals surface area contributed by atoms with E-state index in [1.54, 1.807) is 0 Å². The summed E-state index contributed by atoms with van der Waals surface area (Å²) in [5.41, 5.74) is -3.02. The maximum atomic E-state index is 12.7. The quantitative estimate of drug-likeness (QED) is 0.282. The first-order chi connectivity index (χ1) is 14.2. The fourth-order valence-corrected chi connectivity index (χ4v) is 4.51. The molecule has 174 valence electrons. The molecular formula is C19H27F3IN5O2S. The molecule has 0 unspecified atom stereocenters. The number of halogens is 4. The number of H-pyrrole nitrogens is 1. The molecule has 1 saturated heterocycles. The molecule has 2 heterocycles. The normalized spacial score (nSPS) is 16.8. The number of hydrogen-bond donors (Lipinski definition) is 3. The largest absolute Gasteiger partial charge is 0.511 e. The van der Waals surface area contributed by atoms with Gasteiger partial charge in [-0.3, -0.25) is 4.99 Å². The highest BCUT2D eigenvalue weighted by molar-refractivity contribution is 14.0. The Bertz CT molecular complexity index is 986. The molecule has 2 aromatic rings. The van der Waals surface area contributed by atoms with Gasteiger partial charge in [0.2, 0.25) is 0 Å². The van der Waals surface area contributed by atoms with Gasteiger partial charge in [-0.25, -0.2) is 8.42 Å². The Kier molecular flexibility index (Phi) is 9.01. The van der Waals surface area contributed by atoms with Crippen molar-refractivity contribution in [3.05, 3.63) is 36.0 Å². The number of nitrogens with one attached hydrogen (secondary N) is 3. The SMILES string of the molecule is CCNC(=NCCc1c[nH]c2ccccc12)NC1CCN(S(=O)(=O)C(F)(F)F)CC1.I. The molecule has 3 rings (SSSR count). The van der Waals surface area contributed by atoms with Crippen molar-refractivity contribution in [1.29, 1.82) is 0 Å². The fraction of sp³-hybridized carbons (Fsp3) is 0.526. The number of sulfonamides is 1. The van der Waals surface area contributed by atoms with Gasteiger partial charge in [0.25, 0.3) is 0 Å². The highest BCUT2D eigenvalue weighted by atomic mass is 127. The van der Waals surface area contributed by atoms with Crippen LogP contribution >= 0.6 is 24.0 Å². The summed E-state index contributed by atoms with van der Waals surface area (Å²) < 4.78 is 61.7. The van der Waals surface area contributed by atoms with Gasteiger partial charge in [-0.05, 0) is 37.8 Å². The van der Waals surface area contributed by atoms with Crippen molar-refractivity contribution in [3.63, 3.8) is 0 Å². The molecule has 1 aliphatic rings. The van der Waals surface area contributed by atoms with Crippen LogP contribution in [0.25, 0.3) is 10.9 Å². The van der Waals surface area contributed by atoms with Crippen LogP contribution in [0.2, 0.25) is 0 Å². The lowest BCUT2D eigenvalue weighted by Crippen LogP contribution is -2.51. The van der Waals surface area contributed by atoms with Crippen LogP contribution in [0.15, 0.2) is 35.5 Å². The standard InChI is InChI=1S/C19H26F3N5O2S.HI/c1-2-23-18(24-10-7-14-13-25-17-6-4-3-5-16(14)17)26-15-8-11-27(12-9-15)30(28,29)19(20,21)22;/h3-6,13,15,25H,2,7-12H2,1H3,(H2,23,24,26);1H. The maximum Gasteiger partial charge on any atom is 0.511 e. The monoisotopic (exact) mass is 573 g/mol. The lowest BCUT2D eigenvalue weighted by molar-refractivity contribution is -0.0494. The highest BCUT2D eigenvalue weighted by Gasteiger charge is 2.50. The van der Waals surface area contributed by atoms with E-state index in [0.717, 1.165) is 22.9 Å². The van der Waals surface area contributed by atoms with Crippen LogP contribution < -0.4 is 10.6 Å². The van der Waals surface area contributed by atoms with Crippen LogP contribution in [0.5, 0.6) is 0 Å². The van der Waals surface area contributed by atoms with Crippen molar-refractivity contribution < 1.29 is 21.6 Å². The molecule has 0 spiro atoms. The average Bonchev–Trinajstić information content (AvgIpc) is 3.11. The number of piperidine rings is 1. The topological polar surface area (TPSA) is 89.6 Å². The van der Waals surface area contributed by atoms with E-state index in [0.29, 0.717) is 23.4 Å². The summed E-state index contributed by atoms with van der Waals surface area (Å²) in [6, 6.07) is 7.88. The van der Waals surface area contributed by atoms with Gasteiger partial charge in [-0.2, -0.15) is 17.5 Å². The van der Waals surface area contributed by atoms with Gasteiger partial charge in [-0.1, -0.05) is 18.2 Å². The molecule has 0 aliphatic carbocycles. The van der Waals surface area contributed by atoms with Gasteiger partial charge in [0.15, 0.2) is 5.96 Å². The summed E-state index contributed by atoms with van der Waals surface area (Å²) in [6.07, 6.45) is 3.27. The minimum absolute atomic E-state index is 0. The second-order valence-electron chi connectivity index (χ2n) is 7.14. The van der Waals surface area contributed by atoms with E-state index >= 15 is 0 Å². The Morgan fingerprint density at radius 3 is 2.58 bits per heavy atom. The molecule has 1 aliphatic heterocycles. The number of hydrogen-bond acceptors (Lipinski definition) is 3. The van der Waals surface area contributed by atoms with Crippen molar-refractivity contribution in [1.82, 2.24) is 19.9 Å². The third-order valence-corrected chi connectivity index (χ3v) is 6.73. The van der Waals surface area contributed by atoms with Crippen LogP contribution in [0.4, 0.5) is 13.2 Å². The Morgan fingerprint density at radius 1 is 1.26 bits per heavy atom. The van der Waals surface area contributed by atoms with Crippen LogP contribution in [-0.4, -0.2) is 61.4 Å². The summed E-state index contributed by atoms with van der Waals surface area (Å²) in [6.45, 7) is 2.76. The van der Waals surface area contributed by atoms with E-state index in [2.05, 4.69) is 26.7 Å². The Labute approximate surface area is 196 Å². The predicted molar refractivity (Wildman–Crippen MR) is 126 cm³/mol. The molecule has 0 atom stereocenters. The van der Waals surface area contributed by atoms with E-state index in [4.69, 9.17) is 0 Å². The zero-order chi connectivity index (χ0) is 21.8. The van der Waals surface area contributed by atoms with Crippen molar-refractivity contribution >= 4 is 50.9 Å². The molecule has 1 aromatic heterocycles. The number of alkyl halides is 3. The van der Waals surface area contributed by atoms with Crippen LogP contribution in [0, 0.1) is 0 Å². The summed E-state index contributed by atoms with van der Waals surface area (Å²) in [7, 11) is -5.26. The average molecular weight is 573 g/mol. The van der Waals surface area contributed by atoms with Gasteiger partial charge in [-0.15, -0.1) is 24.0 Å². The first kappa shape index (κ1) is 25.7. The Balaban J connectivity index is 0.00000341. The minimum Gasteiger partial charge on any atom is -0.361 e. The van der Waals surface area contributed by atoms with Crippen molar-refractivity contribution in [2.45, 2.75) is 37.7 Å². The Morgan fingerprint density at radius 2 is 1.94 bits per heavy atom. The molecule has 7 nitrogen and oxygen atoms in total. The molecule has 1 fully saturated rings. The first-order valence-corrected chi connectivity index (χ1v) is 11.3. The van der Waals surface area contributed by atoms with Crippen LogP contribution in [-0.2, 0) is 16.4 Å². The summed E-state index contributed by atoms with van der Waals surface area (Å²) in [4.78, 5) is 7.80. The zero-order valence-electron chi connectivity index (χ0n) is 17.1. The predicted octanol–water partition coefficient (Wildman–Crippen LogP) is 3.20. The second-order valence-corrected chi connectivity index (χ2v) is 9.07. The molecule has 1 aromatic carbocycles. The maximum absolute atomic E-state index is 12.7. The summed E-state index contributed by atoms with van der Waals surface area (Å²) >= 11 is 0. The lowest BCUT2D eigenvalue weighted by Gasteiger charge is -2.32. The fourth-order valence-electron chi connectivity index (χ4n) is 3.53. The van der Waals surface area contributed by atoms with E-state index in [1.807, 2.05) is 31.3 Å². The van der Waals surface area contributed by atoms with E-state index in [1.165, 1.54) is 0 Å². The van der Waals surface area contributed by atoms with Crippen molar-refractivity contribution in [2.75, 3.05) is 26.2 Å². The molecular weight excluding hydrogens is 546 g/mol. The van der Waals surface area contributed by atoms with Crippen LogP contribution in [0.3, 0.4) is 0 Å². The van der Waals surface area contributed by atoms with Gasteiger partial charge in [0, 0.05) is 49.3 Å². The first-order valence-electron chi connectivity index (χ1n) is 9.88. The number of rotatable bonds is 6. The number of benzene rings is 1. The number of nitrogens with zero attached hydrogens (tertiary/aromatic N) is 2. The smallest absolute Gasteiger partial charge is 0.361 e. The van der Waals surface area contributed by atoms with Crippen LogP contribution in [0.1, 0.15) is 25.3 Å². The number of aromatic amines is 1. The molecule has 0 bridgehead atoms. The zero-order valence-corrected chi connectivity index (χ0v) is 20.2. The highest BCUT2D eigenvalue weighted by Crippen LogP contribution is 2.29. The van der Waals surface area contributed by atoms with Gasteiger partial charge in [0.05, 0.1) is 0 Å². The molecule has 3 N–H and O–H groups in total. The Hall–Kier alpha value is -1.54. The minimum atomic E-state index is -5.26. The van der Waals surface area contributed by atoms with E-state index in [9.17, 15) is 21.6 Å². The van der Waals surface area contributed by atoms with Crippen molar-refractivity contribution in [3.8, 4) is 0 Å². The van der Waals surface area contributed by atoms with E-state index < -0.39 is 15.5 Å². The molecule has 0 saturated carbocycles. The second kappa shape index (κ2) is 10.9. The number of aliphatic imine (C=N–C) groups is 1. The van der Waals surface area contributed by atoms with Gasteiger partial charge in [0.1, 0.15) is 0 Å². The molecule has 31 heavy (non-hydrogen) atoms.